The van der Waals surface area contributed by atoms with Crippen LogP contribution in [-0.2, 0) is 4.74 Å². The lowest BCUT2D eigenvalue weighted by molar-refractivity contribution is -0.0621. The fraction of sp³-hybridized carbons (Fsp3) is 0.684. The van der Waals surface area contributed by atoms with Gasteiger partial charge in [0.15, 0.2) is 0 Å². The van der Waals surface area contributed by atoms with Gasteiger partial charge in [-0.2, -0.15) is 0 Å². The molecule has 0 radical (unpaired) electrons. The van der Waals surface area contributed by atoms with Gasteiger partial charge in [0.1, 0.15) is 0 Å². The molecular formula is C19H31NO. The zero-order chi connectivity index (χ0) is 15.1. The van der Waals surface area contributed by atoms with Gasteiger partial charge in [0.2, 0.25) is 0 Å². The van der Waals surface area contributed by atoms with Crippen molar-refractivity contribution in [3.8, 4) is 0 Å². The average Bonchev–Trinajstić information content (AvgIpc) is 2.52. The molecular weight excluding hydrogens is 258 g/mol. The molecule has 2 rings (SSSR count). The highest BCUT2D eigenvalue weighted by Crippen LogP contribution is 2.32. The number of hydrogen-bond acceptors (Lipinski definition) is 2. The molecule has 2 nitrogen and oxygen atoms in total. The lowest BCUT2D eigenvalue weighted by atomic mass is 9.84. The molecule has 0 aromatic heterocycles. The van der Waals surface area contributed by atoms with E-state index in [0.717, 1.165) is 12.5 Å². The zero-order valence-corrected chi connectivity index (χ0v) is 13.8. The van der Waals surface area contributed by atoms with E-state index in [1.807, 2.05) is 0 Å². The van der Waals surface area contributed by atoms with E-state index < -0.39 is 0 Å². The molecule has 1 saturated carbocycles. The molecule has 0 saturated heterocycles. The highest BCUT2D eigenvalue weighted by atomic mass is 16.5. The largest absolute Gasteiger partial charge is 0.369 e. The Bertz CT molecular complexity index is 390. The van der Waals surface area contributed by atoms with Gasteiger partial charge in [-0.3, -0.25) is 0 Å². The number of nitrogens with one attached hydrogen (secondary N) is 1. The minimum atomic E-state index is 0.172. The lowest BCUT2D eigenvalue weighted by Gasteiger charge is -2.34. The van der Waals surface area contributed by atoms with Crippen molar-refractivity contribution in [1.29, 1.82) is 0 Å². The Hall–Kier alpha value is -0.860. The molecule has 3 atom stereocenters. The molecule has 21 heavy (non-hydrogen) atoms. The maximum Gasteiger partial charge on any atom is 0.0953 e. The standard InChI is InChI=1S/C19H31NO/c1-4-16-10-8-9-13-18(16)21-19(14-20-15(2)3)17-11-6-5-7-12-17/h5-7,11-12,15-16,18-20H,4,8-10,13-14H2,1-3H3. The topological polar surface area (TPSA) is 21.3 Å². The Morgan fingerprint density at radius 2 is 1.86 bits per heavy atom. The highest BCUT2D eigenvalue weighted by molar-refractivity contribution is 5.18. The van der Waals surface area contributed by atoms with Crippen molar-refractivity contribution in [2.75, 3.05) is 6.54 Å². The summed E-state index contributed by atoms with van der Waals surface area (Å²) in [6, 6.07) is 11.2. The molecule has 1 aromatic carbocycles. The van der Waals surface area contributed by atoms with Crippen molar-refractivity contribution >= 4 is 0 Å². The number of hydrogen-bond donors (Lipinski definition) is 1. The van der Waals surface area contributed by atoms with Gasteiger partial charge < -0.3 is 10.1 Å². The van der Waals surface area contributed by atoms with Crippen molar-refractivity contribution in [2.24, 2.45) is 5.92 Å². The van der Waals surface area contributed by atoms with Gasteiger partial charge in [-0.15, -0.1) is 0 Å². The summed E-state index contributed by atoms with van der Waals surface area (Å²) in [5, 5.41) is 3.54. The molecule has 0 bridgehead atoms. The van der Waals surface area contributed by atoms with Crippen LogP contribution in [0.15, 0.2) is 30.3 Å². The molecule has 1 fully saturated rings. The molecule has 0 aliphatic heterocycles. The van der Waals surface area contributed by atoms with E-state index in [9.17, 15) is 0 Å². The van der Waals surface area contributed by atoms with Crippen LogP contribution in [0.3, 0.4) is 0 Å². The summed E-state index contributed by atoms with van der Waals surface area (Å²) in [6.07, 6.45) is 7.10. The van der Waals surface area contributed by atoms with Crippen LogP contribution in [0.2, 0.25) is 0 Å². The zero-order valence-electron chi connectivity index (χ0n) is 13.8. The maximum absolute atomic E-state index is 6.57. The molecule has 0 amide bonds. The van der Waals surface area contributed by atoms with Gasteiger partial charge >= 0.3 is 0 Å². The number of rotatable bonds is 7. The van der Waals surface area contributed by atoms with E-state index in [1.54, 1.807) is 0 Å². The van der Waals surface area contributed by atoms with Gasteiger partial charge in [-0.25, -0.2) is 0 Å². The Morgan fingerprint density at radius 1 is 1.14 bits per heavy atom. The van der Waals surface area contributed by atoms with Crippen molar-refractivity contribution in [2.45, 2.75) is 71.1 Å². The molecule has 0 spiro atoms. The molecule has 1 aliphatic carbocycles. The molecule has 0 heterocycles. The van der Waals surface area contributed by atoms with Gasteiger partial charge in [-0.05, 0) is 24.3 Å². The molecule has 3 unspecified atom stereocenters. The van der Waals surface area contributed by atoms with Gasteiger partial charge in [-0.1, -0.05) is 70.4 Å². The van der Waals surface area contributed by atoms with Crippen LogP contribution < -0.4 is 5.32 Å². The molecule has 1 aromatic rings. The highest BCUT2D eigenvalue weighted by Gasteiger charge is 2.27. The van der Waals surface area contributed by atoms with E-state index in [-0.39, 0.29) is 6.10 Å². The third-order valence-electron chi connectivity index (χ3n) is 4.59. The Balaban J connectivity index is 2.04. The van der Waals surface area contributed by atoms with E-state index >= 15 is 0 Å². The first kappa shape index (κ1) is 16.5. The fourth-order valence-electron chi connectivity index (χ4n) is 3.29. The second-order valence-corrected chi connectivity index (χ2v) is 6.59. The molecule has 1 aliphatic rings. The Labute approximate surface area is 130 Å². The predicted molar refractivity (Wildman–Crippen MR) is 89.4 cm³/mol. The molecule has 118 valence electrons. The van der Waals surface area contributed by atoms with Crippen molar-refractivity contribution < 1.29 is 4.74 Å². The summed E-state index contributed by atoms with van der Waals surface area (Å²) >= 11 is 0. The van der Waals surface area contributed by atoms with Crippen LogP contribution in [-0.4, -0.2) is 18.7 Å². The first-order valence-corrected chi connectivity index (χ1v) is 8.64. The maximum atomic E-state index is 6.57. The Morgan fingerprint density at radius 3 is 2.52 bits per heavy atom. The lowest BCUT2D eigenvalue weighted by Crippen LogP contribution is -2.34. The fourth-order valence-corrected chi connectivity index (χ4v) is 3.29. The van der Waals surface area contributed by atoms with E-state index in [0.29, 0.717) is 12.1 Å². The SMILES string of the molecule is CCC1CCCCC1OC(CNC(C)C)c1ccccc1. The second kappa shape index (κ2) is 8.55. The van der Waals surface area contributed by atoms with Crippen molar-refractivity contribution in [3.05, 3.63) is 35.9 Å². The van der Waals surface area contributed by atoms with Crippen molar-refractivity contribution in [3.63, 3.8) is 0 Å². The van der Waals surface area contributed by atoms with Crippen LogP contribution in [0, 0.1) is 5.92 Å². The van der Waals surface area contributed by atoms with Crippen LogP contribution >= 0.6 is 0 Å². The van der Waals surface area contributed by atoms with Crippen LogP contribution in [0.25, 0.3) is 0 Å². The summed E-state index contributed by atoms with van der Waals surface area (Å²) in [6.45, 7) is 7.58. The summed E-state index contributed by atoms with van der Waals surface area (Å²) in [4.78, 5) is 0. The average molecular weight is 289 g/mol. The van der Waals surface area contributed by atoms with Crippen LogP contribution in [0.1, 0.15) is 64.5 Å². The van der Waals surface area contributed by atoms with Crippen LogP contribution in [0.5, 0.6) is 0 Å². The summed E-state index contributed by atoms with van der Waals surface area (Å²) in [5.41, 5.74) is 1.30. The quantitative estimate of drug-likeness (QED) is 0.785. The Kier molecular flexibility index (Phi) is 6.72. The van der Waals surface area contributed by atoms with Crippen molar-refractivity contribution in [1.82, 2.24) is 5.32 Å². The second-order valence-electron chi connectivity index (χ2n) is 6.59. The van der Waals surface area contributed by atoms with Crippen LogP contribution in [0.4, 0.5) is 0 Å². The monoisotopic (exact) mass is 289 g/mol. The summed E-state index contributed by atoms with van der Waals surface area (Å²) in [7, 11) is 0. The summed E-state index contributed by atoms with van der Waals surface area (Å²) in [5.74, 6) is 0.740. The first-order valence-electron chi connectivity index (χ1n) is 8.64. The van der Waals surface area contributed by atoms with Gasteiger partial charge in [0, 0.05) is 12.6 Å². The van der Waals surface area contributed by atoms with Gasteiger partial charge in [0.05, 0.1) is 12.2 Å². The third-order valence-corrected chi connectivity index (χ3v) is 4.59. The normalized spacial score (nSPS) is 24.2. The third kappa shape index (κ3) is 5.12. The number of ether oxygens (including phenoxy) is 1. The minimum Gasteiger partial charge on any atom is -0.369 e. The minimum absolute atomic E-state index is 0.172. The first-order chi connectivity index (χ1) is 10.2. The molecule has 1 N–H and O–H groups in total. The smallest absolute Gasteiger partial charge is 0.0953 e. The molecule has 2 heteroatoms. The van der Waals surface area contributed by atoms with E-state index in [1.165, 1.54) is 37.7 Å². The van der Waals surface area contributed by atoms with E-state index in [4.69, 9.17) is 4.74 Å². The number of benzene rings is 1. The predicted octanol–water partition coefficient (Wildman–Crippen LogP) is 4.71. The summed E-state index contributed by atoms with van der Waals surface area (Å²) < 4.78 is 6.57. The van der Waals surface area contributed by atoms with E-state index in [2.05, 4.69) is 56.4 Å². The van der Waals surface area contributed by atoms with Gasteiger partial charge in [0.25, 0.3) is 0 Å².